The van der Waals surface area contributed by atoms with Crippen molar-refractivity contribution in [2.75, 3.05) is 11.9 Å². The minimum atomic E-state index is -0.388. The van der Waals surface area contributed by atoms with Crippen LogP contribution >= 0.6 is 0 Å². The van der Waals surface area contributed by atoms with E-state index in [4.69, 9.17) is 0 Å². The number of rotatable bonds is 3. The highest BCUT2D eigenvalue weighted by molar-refractivity contribution is 5.88. The second-order valence-electron chi connectivity index (χ2n) is 3.93. The summed E-state index contributed by atoms with van der Waals surface area (Å²) >= 11 is 0. The Bertz CT molecular complexity index is 727. The zero-order valence-corrected chi connectivity index (χ0v) is 10.3. The maximum Gasteiger partial charge on any atom is 0.332 e. The van der Waals surface area contributed by atoms with Crippen molar-refractivity contribution >= 4 is 16.7 Å². The maximum atomic E-state index is 12.1. The van der Waals surface area contributed by atoms with Crippen LogP contribution in [0.15, 0.2) is 34.5 Å². The van der Waals surface area contributed by atoms with Crippen molar-refractivity contribution in [1.29, 1.82) is 0 Å². The fraction of sp³-hybridized carbons (Fsp3) is 0.250. The first-order valence-corrected chi connectivity index (χ1v) is 5.47. The third kappa shape index (κ3) is 1.71. The summed E-state index contributed by atoms with van der Waals surface area (Å²) in [5.41, 5.74) is 0.280. The molecule has 2 rings (SSSR count). The third-order valence-corrected chi connectivity index (χ3v) is 2.78. The summed E-state index contributed by atoms with van der Waals surface area (Å²) in [6.45, 7) is 4.14. The smallest absolute Gasteiger partial charge is 0.332 e. The van der Waals surface area contributed by atoms with E-state index in [0.29, 0.717) is 23.3 Å². The van der Waals surface area contributed by atoms with Gasteiger partial charge in [0.05, 0.1) is 5.69 Å². The van der Waals surface area contributed by atoms with Gasteiger partial charge in [-0.3, -0.25) is 13.9 Å². The molecule has 0 aliphatic carbocycles. The van der Waals surface area contributed by atoms with Gasteiger partial charge >= 0.3 is 5.69 Å². The molecule has 2 heterocycles. The molecule has 0 amide bonds. The molecule has 2 aromatic heterocycles. The van der Waals surface area contributed by atoms with Crippen molar-refractivity contribution in [3.05, 3.63) is 45.8 Å². The Morgan fingerprint density at radius 2 is 2.11 bits per heavy atom. The third-order valence-electron chi connectivity index (χ3n) is 2.78. The van der Waals surface area contributed by atoms with Crippen molar-refractivity contribution in [3.63, 3.8) is 0 Å². The summed E-state index contributed by atoms with van der Waals surface area (Å²) in [6.07, 6.45) is 3.26. The molecule has 0 fully saturated rings. The Balaban J connectivity index is 2.88. The standard InChI is InChI=1S/C12H14N4O2/c1-4-6-13-8-5-7-14-10-9(8)11(17)16(3)12(18)15(10)2/h4-5,7H,1,6H2,2-3H3,(H,13,14). The van der Waals surface area contributed by atoms with Crippen molar-refractivity contribution < 1.29 is 0 Å². The zero-order valence-electron chi connectivity index (χ0n) is 10.3. The summed E-state index contributed by atoms with van der Waals surface area (Å²) in [4.78, 5) is 28.0. The van der Waals surface area contributed by atoms with Crippen molar-refractivity contribution in [3.8, 4) is 0 Å². The van der Waals surface area contributed by atoms with Crippen LogP contribution < -0.4 is 16.6 Å². The van der Waals surface area contributed by atoms with E-state index in [1.807, 2.05) is 0 Å². The van der Waals surface area contributed by atoms with Crippen LogP contribution in [0.3, 0.4) is 0 Å². The number of nitrogens with one attached hydrogen (secondary N) is 1. The average molecular weight is 246 g/mol. The molecule has 0 spiro atoms. The maximum absolute atomic E-state index is 12.1. The van der Waals surface area contributed by atoms with Gasteiger partial charge in [0.15, 0.2) is 5.65 Å². The van der Waals surface area contributed by atoms with Gasteiger partial charge in [0.2, 0.25) is 0 Å². The second-order valence-corrected chi connectivity index (χ2v) is 3.93. The lowest BCUT2D eigenvalue weighted by Gasteiger charge is -2.10. The molecule has 6 nitrogen and oxygen atoms in total. The Morgan fingerprint density at radius 3 is 2.78 bits per heavy atom. The van der Waals surface area contributed by atoms with Gasteiger partial charge in [-0.25, -0.2) is 9.78 Å². The Labute approximate surface area is 103 Å². The van der Waals surface area contributed by atoms with Crippen LogP contribution in [-0.2, 0) is 14.1 Å². The summed E-state index contributed by atoms with van der Waals surface area (Å²) in [5.74, 6) is 0. The number of hydrogen-bond acceptors (Lipinski definition) is 4. The highest BCUT2D eigenvalue weighted by atomic mass is 16.2. The summed E-state index contributed by atoms with van der Waals surface area (Å²) < 4.78 is 2.43. The molecule has 1 N–H and O–H groups in total. The largest absolute Gasteiger partial charge is 0.381 e. The Hall–Kier alpha value is -2.37. The van der Waals surface area contributed by atoms with E-state index in [1.165, 1.54) is 11.6 Å². The number of fused-ring (bicyclic) bond motifs is 1. The normalized spacial score (nSPS) is 10.6. The molecule has 0 radical (unpaired) electrons. The molecular weight excluding hydrogens is 232 g/mol. The van der Waals surface area contributed by atoms with Crippen LogP contribution in [0.25, 0.3) is 11.0 Å². The first-order chi connectivity index (χ1) is 8.57. The van der Waals surface area contributed by atoms with E-state index in [2.05, 4.69) is 16.9 Å². The van der Waals surface area contributed by atoms with Gasteiger partial charge in [-0.15, -0.1) is 6.58 Å². The van der Waals surface area contributed by atoms with E-state index in [9.17, 15) is 9.59 Å². The highest BCUT2D eigenvalue weighted by Gasteiger charge is 2.12. The van der Waals surface area contributed by atoms with Gasteiger partial charge in [0.25, 0.3) is 5.56 Å². The minimum Gasteiger partial charge on any atom is -0.381 e. The molecule has 94 valence electrons. The van der Waals surface area contributed by atoms with Crippen molar-refractivity contribution in [1.82, 2.24) is 14.1 Å². The average Bonchev–Trinajstić information content (AvgIpc) is 2.40. The lowest BCUT2D eigenvalue weighted by atomic mass is 10.2. The monoisotopic (exact) mass is 246 g/mol. The highest BCUT2D eigenvalue weighted by Crippen LogP contribution is 2.15. The van der Waals surface area contributed by atoms with E-state index >= 15 is 0 Å². The van der Waals surface area contributed by atoms with Gasteiger partial charge in [-0.05, 0) is 6.07 Å². The fourth-order valence-electron chi connectivity index (χ4n) is 1.82. The lowest BCUT2D eigenvalue weighted by Crippen LogP contribution is -2.37. The molecule has 0 bridgehead atoms. The van der Waals surface area contributed by atoms with Gasteiger partial charge in [-0.2, -0.15) is 0 Å². The summed E-state index contributed by atoms with van der Waals surface area (Å²) in [5, 5.41) is 3.47. The SMILES string of the molecule is C=CCNc1ccnc2c1c(=O)n(C)c(=O)n2C. The molecular formula is C12H14N4O2. The van der Waals surface area contributed by atoms with E-state index < -0.39 is 0 Å². The van der Waals surface area contributed by atoms with E-state index in [1.54, 1.807) is 25.4 Å². The fourth-order valence-corrected chi connectivity index (χ4v) is 1.82. The molecule has 2 aromatic rings. The van der Waals surface area contributed by atoms with Gasteiger partial charge in [-0.1, -0.05) is 6.08 Å². The van der Waals surface area contributed by atoms with Crippen LogP contribution in [0.4, 0.5) is 5.69 Å². The second kappa shape index (κ2) is 4.48. The van der Waals surface area contributed by atoms with Crippen LogP contribution in [0, 0.1) is 0 Å². The zero-order chi connectivity index (χ0) is 13.3. The van der Waals surface area contributed by atoms with Gasteiger partial charge in [0.1, 0.15) is 5.39 Å². The number of aryl methyl sites for hydroxylation is 1. The topological polar surface area (TPSA) is 68.9 Å². The van der Waals surface area contributed by atoms with E-state index in [0.717, 1.165) is 4.57 Å². The number of anilines is 1. The van der Waals surface area contributed by atoms with Gasteiger partial charge in [0, 0.05) is 26.8 Å². The first-order valence-electron chi connectivity index (χ1n) is 5.47. The van der Waals surface area contributed by atoms with Crippen LogP contribution in [-0.4, -0.2) is 20.7 Å². The molecule has 0 unspecified atom stereocenters. The molecule has 0 saturated heterocycles. The lowest BCUT2D eigenvalue weighted by molar-refractivity contribution is 0.708. The molecule has 0 aliphatic heterocycles. The van der Waals surface area contributed by atoms with Crippen LogP contribution in [0.5, 0.6) is 0 Å². The molecule has 18 heavy (non-hydrogen) atoms. The molecule has 0 aromatic carbocycles. The predicted octanol–water partition coefficient (Wildman–Crippen LogP) is 0.230. The molecule has 0 atom stereocenters. The molecule has 6 heteroatoms. The van der Waals surface area contributed by atoms with Crippen LogP contribution in [0.1, 0.15) is 0 Å². The summed E-state index contributed by atoms with van der Waals surface area (Å²) in [6, 6.07) is 1.71. The van der Waals surface area contributed by atoms with Gasteiger partial charge < -0.3 is 5.32 Å². The molecule has 0 aliphatic rings. The number of pyridine rings is 1. The molecule has 0 saturated carbocycles. The quantitative estimate of drug-likeness (QED) is 0.787. The predicted molar refractivity (Wildman–Crippen MR) is 70.9 cm³/mol. The Morgan fingerprint density at radius 1 is 1.39 bits per heavy atom. The Kier molecular flexibility index (Phi) is 3.01. The number of aromatic nitrogens is 3. The van der Waals surface area contributed by atoms with E-state index in [-0.39, 0.29) is 11.2 Å². The minimum absolute atomic E-state index is 0.354. The number of nitrogens with zero attached hydrogens (tertiary/aromatic N) is 3. The number of hydrogen-bond donors (Lipinski definition) is 1. The van der Waals surface area contributed by atoms with Crippen LogP contribution in [0.2, 0.25) is 0 Å². The summed E-state index contributed by atoms with van der Waals surface area (Å²) in [7, 11) is 3.04. The first kappa shape index (κ1) is 12.1. The van der Waals surface area contributed by atoms with Crippen molar-refractivity contribution in [2.45, 2.75) is 0 Å². The van der Waals surface area contributed by atoms with Crippen molar-refractivity contribution in [2.24, 2.45) is 14.1 Å².